The number of carbonyl (C=O) groups is 1. The fraction of sp³-hybridized carbons (Fsp3) is 0.400. The molecule has 0 bridgehead atoms. The molecule has 146 valence electrons. The molecular formula is C20H26ClN3O3. The first kappa shape index (κ1) is 21.0. The molecule has 0 saturated carbocycles. The highest BCUT2D eigenvalue weighted by molar-refractivity contribution is 6.11. The Bertz CT molecular complexity index is 761. The lowest BCUT2D eigenvalue weighted by Gasteiger charge is -2.27. The van der Waals surface area contributed by atoms with Gasteiger partial charge in [0.1, 0.15) is 18.2 Å². The van der Waals surface area contributed by atoms with Crippen molar-refractivity contribution < 1.29 is 32.0 Å². The van der Waals surface area contributed by atoms with E-state index in [0.717, 1.165) is 42.9 Å². The van der Waals surface area contributed by atoms with Gasteiger partial charge in [0.05, 0.1) is 18.8 Å². The van der Waals surface area contributed by atoms with Crippen molar-refractivity contribution in [1.82, 2.24) is 4.57 Å². The molecule has 2 heterocycles. The fourth-order valence-electron chi connectivity index (χ4n) is 3.44. The molecule has 1 fully saturated rings. The third-order valence-electron chi connectivity index (χ3n) is 4.90. The van der Waals surface area contributed by atoms with E-state index in [9.17, 15) is 9.90 Å². The molecule has 0 amide bonds. The summed E-state index contributed by atoms with van der Waals surface area (Å²) in [6, 6.07) is 14.0. The Morgan fingerprint density at radius 3 is 2.74 bits per heavy atom. The summed E-state index contributed by atoms with van der Waals surface area (Å²) in [7, 11) is 1.98. The van der Waals surface area contributed by atoms with Gasteiger partial charge >= 0.3 is 5.97 Å². The summed E-state index contributed by atoms with van der Waals surface area (Å²) in [6.07, 6.45) is 3.72. The van der Waals surface area contributed by atoms with Crippen LogP contribution < -0.4 is 17.3 Å². The van der Waals surface area contributed by atoms with E-state index in [0.29, 0.717) is 13.2 Å². The number of oxime groups is 1. The number of quaternary nitrogens is 1. The maximum absolute atomic E-state index is 11.2. The molecule has 1 unspecified atom stereocenters. The largest absolute Gasteiger partial charge is 1.00 e. The normalized spacial score (nSPS) is 20.0. The molecule has 27 heavy (non-hydrogen) atoms. The lowest BCUT2D eigenvalue weighted by molar-refractivity contribution is -0.907. The molecule has 7 heteroatoms. The molecule has 6 nitrogen and oxygen atoms in total. The second-order valence-corrected chi connectivity index (χ2v) is 6.77. The van der Waals surface area contributed by atoms with Gasteiger partial charge in [-0.15, -0.1) is 0 Å². The van der Waals surface area contributed by atoms with E-state index in [2.05, 4.69) is 5.16 Å². The van der Waals surface area contributed by atoms with E-state index >= 15 is 0 Å². The molecule has 2 atom stereocenters. The number of hydrogen-bond donors (Lipinski definition) is 2. The lowest BCUT2D eigenvalue weighted by atomic mass is 9.98. The highest BCUT2D eigenvalue weighted by atomic mass is 35.5. The van der Waals surface area contributed by atoms with Crippen LogP contribution >= 0.6 is 0 Å². The maximum Gasteiger partial charge on any atom is 0.312 e. The number of benzene rings is 1. The Hall–Kier alpha value is -2.31. The Labute approximate surface area is 165 Å². The summed E-state index contributed by atoms with van der Waals surface area (Å²) in [5.74, 6) is -0.915. The van der Waals surface area contributed by atoms with Crippen molar-refractivity contribution in [1.29, 1.82) is 0 Å². The van der Waals surface area contributed by atoms with E-state index < -0.39 is 5.97 Å². The molecule has 0 radical (unpaired) electrons. The monoisotopic (exact) mass is 391 g/mol. The van der Waals surface area contributed by atoms with Crippen molar-refractivity contribution in [3.63, 3.8) is 0 Å². The summed E-state index contributed by atoms with van der Waals surface area (Å²) in [5, 5.41) is 13.6. The van der Waals surface area contributed by atoms with Gasteiger partial charge in [-0.3, -0.25) is 4.79 Å². The van der Waals surface area contributed by atoms with Crippen LogP contribution in [-0.4, -0.2) is 47.6 Å². The van der Waals surface area contributed by atoms with Gasteiger partial charge in [-0.05, 0) is 25.0 Å². The number of halogens is 1. The Morgan fingerprint density at radius 2 is 2.07 bits per heavy atom. The Kier molecular flexibility index (Phi) is 7.88. The van der Waals surface area contributed by atoms with Crippen molar-refractivity contribution in [3.8, 4) is 0 Å². The standard InChI is InChI=1S/C20H25N3O3.ClH/c1-22-11-6-10-18(22)19(16-7-3-2-4-8-16)21-26-14-13-23-12-5-9-17(15-23)20(24)25;/h2-4,6-8,10-11,17H,5,9,12-15H2,1H3,(H,24,25);1H/b21-19+;/t17-;/m1./s1. The van der Waals surface area contributed by atoms with Crippen molar-refractivity contribution in [2.75, 3.05) is 26.2 Å². The number of likely N-dealkylation sites (tertiary alicyclic amines) is 1. The zero-order valence-corrected chi connectivity index (χ0v) is 16.2. The number of carboxylic acids is 1. The SMILES string of the molecule is Cn1cccc1/C(=N/OCC[NH+]1CCC[C@@H](C(=O)O)C1)c1ccccc1.[Cl-]. The smallest absolute Gasteiger partial charge is 0.312 e. The number of nitrogens with one attached hydrogen (secondary N) is 1. The molecule has 2 aromatic rings. The summed E-state index contributed by atoms with van der Waals surface area (Å²) in [5.41, 5.74) is 2.80. The molecule has 1 saturated heterocycles. The number of carboxylic acid groups (broad SMARTS) is 1. The average molecular weight is 392 g/mol. The molecule has 0 spiro atoms. The van der Waals surface area contributed by atoms with Crippen LogP contribution in [0.4, 0.5) is 0 Å². The number of nitrogens with zero attached hydrogens (tertiary/aromatic N) is 2. The fourth-order valence-corrected chi connectivity index (χ4v) is 3.44. The second-order valence-electron chi connectivity index (χ2n) is 6.77. The van der Waals surface area contributed by atoms with Crippen LogP contribution in [0.2, 0.25) is 0 Å². The zero-order chi connectivity index (χ0) is 18.4. The molecule has 2 N–H and O–H groups in total. The van der Waals surface area contributed by atoms with E-state index in [1.165, 1.54) is 4.90 Å². The summed E-state index contributed by atoms with van der Waals surface area (Å²) >= 11 is 0. The molecule has 1 aliphatic rings. The van der Waals surface area contributed by atoms with Crippen molar-refractivity contribution >= 4 is 11.7 Å². The first-order valence-electron chi connectivity index (χ1n) is 9.08. The topological polar surface area (TPSA) is 68.3 Å². The minimum atomic E-state index is -0.684. The van der Waals surface area contributed by atoms with Gasteiger partial charge in [0.25, 0.3) is 0 Å². The van der Waals surface area contributed by atoms with Crippen LogP contribution in [-0.2, 0) is 16.7 Å². The van der Waals surface area contributed by atoms with Gasteiger partial charge in [-0.2, -0.15) is 0 Å². The van der Waals surface area contributed by atoms with Crippen molar-refractivity contribution in [3.05, 3.63) is 59.9 Å². The van der Waals surface area contributed by atoms with E-state index in [-0.39, 0.29) is 18.3 Å². The minimum Gasteiger partial charge on any atom is -1.00 e. The first-order chi connectivity index (χ1) is 12.6. The predicted octanol–water partition coefficient (Wildman–Crippen LogP) is -1.82. The highest BCUT2D eigenvalue weighted by Gasteiger charge is 2.28. The summed E-state index contributed by atoms with van der Waals surface area (Å²) in [4.78, 5) is 18.1. The summed E-state index contributed by atoms with van der Waals surface area (Å²) < 4.78 is 2.02. The van der Waals surface area contributed by atoms with Gasteiger partial charge in [-0.1, -0.05) is 35.5 Å². The zero-order valence-electron chi connectivity index (χ0n) is 15.5. The number of aromatic nitrogens is 1. The van der Waals surface area contributed by atoms with Crippen LogP contribution in [0.1, 0.15) is 24.1 Å². The Balaban J connectivity index is 0.00000261. The van der Waals surface area contributed by atoms with Gasteiger partial charge in [-0.25, -0.2) is 0 Å². The predicted molar refractivity (Wildman–Crippen MR) is 99.4 cm³/mol. The third kappa shape index (κ3) is 5.58. The summed E-state index contributed by atoms with van der Waals surface area (Å²) in [6.45, 7) is 2.91. The van der Waals surface area contributed by atoms with Crippen molar-refractivity contribution in [2.45, 2.75) is 12.8 Å². The number of hydrogen-bond acceptors (Lipinski definition) is 3. The van der Waals surface area contributed by atoms with Gasteiger partial charge in [0.2, 0.25) is 0 Å². The van der Waals surface area contributed by atoms with Gasteiger partial charge in [0.15, 0.2) is 6.61 Å². The van der Waals surface area contributed by atoms with Crippen molar-refractivity contribution in [2.24, 2.45) is 18.1 Å². The molecule has 0 aliphatic carbocycles. The number of aliphatic carboxylic acids is 1. The highest BCUT2D eigenvalue weighted by Crippen LogP contribution is 2.11. The minimum absolute atomic E-state index is 0. The van der Waals surface area contributed by atoms with E-state index in [1.54, 1.807) is 0 Å². The third-order valence-corrected chi connectivity index (χ3v) is 4.90. The number of aryl methyl sites for hydroxylation is 1. The van der Waals surface area contributed by atoms with Gasteiger partial charge < -0.3 is 31.8 Å². The second kappa shape index (κ2) is 10.1. The lowest BCUT2D eigenvalue weighted by Crippen LogP contribution is -3.14. The number of rotatable bonds is 7. The molecule has 1 aromatic heterocycles. The van der Waals surface area contributed by atoms with E-state index in [4.69, 9.17) is 4.84 Å². The van der Waals surface area contributed by atoms with Crippen LogP contribution in [0.15, 0.2) is 53.8 Å². The molecular weight excluding hydrogens is 366 g/mol. The first-order valence-corrected chi connectivity index (χ1v) is 9.08. The van der Waals surface area contributed by atoms with Crippen LogP contribution in [0.25, 0.3) is 0 Å². The van der Waals surface area contributed by atoms with Crippen LogP contribution in [0.3, 0.4) is 0 Å². The molecule has 1 aliphatic heterocycles. The van der Waals surface area contributed by atoms with Gasteiger partial charge in [0, 0.05) is 18.8 Å². The molecule has 3 rings (SSSR count). The maximum atomic E-state index is 11.2. The van der Waals surface area contributed by atoms with Crippen LogP contribution in [0, 0.1) is 5.92 Å². The molecule has 1 aromatic carbocycles. The average Bonchev–Trinajstić information content (AvgIpc) is 3.08. The van der Waals surface area contributed by atoms with Crippen LogP contribution in [0.5, 0.6) is 0 Å². The van der Waals surface area contributed by atoms with E-state index in [1.807, 2.05) is 60.3 Å². The quantitative estimate of drug-likeness (QED) is 0.332. The number of piperidine rings is 1. The Morgan fingerprint density at radius 1 is 1.30 bits per heavy atom.